The molecule has 0 aliphatic heterocycles. The largest absolute Gasteiger partial charge is 0.319 e. The monoisotopic (exact) mass is 357 g/mol. The number of nitrogens with zero attached hydrogens (tertiary/aromatic N) is 2. The molecule has 1 atom stereocenters. The van der Waals surface area contributed by atoms with Crippen LogP contribution in [-0.2, 0) is 7.05 Å². The molecule has 0 saturated carbocycles. The van der Waals surface area contributed by atoms with E-state index in [2.05, 4.69) is 56.0 Å². The number of rotatable bonds is 2. The van der Waals surface area contributed by atoms with Gasteiger partial charge in [-0.15, -0.1) is 0 Å². The highest BCUT2D eigenvalue weighted by atomic mass is 79.9. The molecule has 2 rings (SSSR count). The summed E-state index contributed by atoms with van der Waals surface area (Å²) < 4.78 is 3.80. The average Bonchev–Trinajstić information content (AvgIpc) is 2.62. The van der Waals surface area contributed by atoms with Crippen molar-refractivity contribution in [2.75, 3.05) is 0 Å². The molecule has 0 aliphatic rings. The quantitative estimate of drug-likeness (QED) is 0.895. The molecule has 3 nitrogen and oxygen atoms in total. The van der Waals surface area contributed by atoms with Crippen LogP contribution in [0.1, 0.15) is 22.9 Å². The molecule has 90 valence electrons. The van der Waals surface area contributed by atoms with Crippen LogP contribution in [0.4, 0.5) is 0 Å². The van der Waals surface area contributed by atoms with Gasteiger partial charge >= 0.3 is 0 Å². The fourth-order valence-electron chi connectivity index (χ4n) is 1.73. The fraction of sp³-hybridized carbons (Fsp3) is 0.250. The molecule has 1 aromatic carbocycles. The van der Waals surface area contributed by atoms with Crippen LogP contribution >= 0.6 is 31.9 Å². The van der Waals surface area contributed by atoms with Crippen molar-refractivity contribution in [2.24, 2.45) is 12.8 Å². The van der Waals surface area contributed by atoms with E-state index in [-0.39, 0.29) is 6.04 Å². The van der Waals surface area contributed by atoms with Crippen LogP contribution in [-0.4, -0.2) is 9.78 Å². The molecule has 0 aliphatic carbocycles. The van der Waals surface area contributed by atoms with Crippen LogP contribution in [0.3, 0.4) is 0 Å². The van der Waals surface area contributed by atoms with Crippen molar-refractivity contribution in [2.45, 2.75) is 13.0 Å². The Balaban J connectivity index is 2.43. The number of aryl methyl sites for hydroxylation is 2. The summed E-state index contributed by atoms with van der Waals surface area (Å²) >= 11 is 7.00. The molecule has 2 aromatic rings. The molecular weight excluding hydrogens is 346 g/mol. The fourth-order valence-corrected chi connectivity index (χ4v) is 2.72. The Kier molecular flexibility index (Phi) is 3.70. The number of aromatic nitrogens is 2. The van der Waals surface area contributed by atoms with Crippen molar-refractivity contribution in [1.29, 1.82) is 0 Å². The second kappa shape index (κ2) is 4.92. The number of hydrogen-bond acceptors (Lipinski definition) is 2. The van der Waals surface area contributed by atoms with Crippen LogP contribution in [0.5, 0.6) is 0 Å². The predicted octanol–water partition coefficient (Wildman–Crippen LogP) is 3.30. The summed E-state index contributed by atoms with van der Waals surface area (Å²) in [5.74, 6) is 0. The zero-order valence-corrected chi connectivity index (χ0v) is 12.8. The van der Waals surface area contributed by atoms with Gasteiger partial charge in [-0.3, -0.25) is 4.68 Å². The summed E-state index contributed by atoms with van der Waals surface area (Å²) in [7, 11) is 1.89. The van der Waals surface area contributed by atoms with Crippen LogP contribution in [0.2, 0.25) is 0 Å². The summed E-state index contributed by atoms with van der Waals surface area (Å²) in [4.78, 5) is 0. The smallest absolute Gasteiger partial charge is 0.0735 e. The van der Waals surface area contributed by atoms with Crippen LogP contribution < -0.4 is 5.73 Å². The topological polar surface area (TPSA) is 43.8 Å². The minimum absolute atomic E-state index is 0.186. The third kappa shape index (κ3) is 2.46. The standard InChI is InChI=1S/C12H13Br2N3/c1-7-3-4-8(5-9(7)13)11(15)12-10(14)6-16-17(12)2/h3-6,11H,15H2,1-2H3. The first-order valence-corrected chi connectivity index (χ1v) is 6.78. The van der Waals surface area contributed by atoms with Crippen molar-refractivity contribution in [3.05, 3.63) is 50.2 Å². The van der Waals surface area contributed by atoms with Crippen LogP contribution in [0, 0.1) is 6.92 Å². The van der Waals surface area contributed by atoms with Gasteiger partial charge in [-0.25, -0.2) is 0 Å². The zero-order chi connectivity index (χ0) is 12.6. The van der Waals surface area contributed by atoms with Gasteiger partial charge in [0, 0.05) is 11.5 Å². The molecule has 0 saturated heterocycles. The molecule has 0 radical (unpaired) electrons. The van der Waals surface area contributed by atoms with Gasteiger partial charge in [0.2, 0.25) is 0 Å². The maximum absolute atomic E-state index is 6.27. The Labute approximate surface area is 117 Å². The van der Waals surface area contributed by atoms with Crippen molar-refractivity contribution in [3.63, 3.8) is 0 Å². The SMILES string of the molecule is Cc1ccc(C(N)c2c(Br)cnn2C)cc1Br. The maximum atomic E-state index is 6.27. The summed E-state index contributed by atoms with van der Waals surface area (Å²) in [6.07, 6.45) is 1.76. The van der Waals surface area contributed by atoms with Gasteiger partial charge in [0.15, 0.2) is 0 Å². The first-order valence-electron chi connectivity index (χ1n) is 5.19. The molecule has 0 bridgehead atoms. The molecule has 1 unspecified atom stereocenters. The Hall–Kier alpha value is -0.650. The Morgan fingerprint density at radius 1 is 1.29 bits per heavy atom. The Morgan fingerprint density at radius 3 is 2.53 bits per heavy atom. The van der Waals surface area contributed by atoms with Gasteiger partial charge in [0.1, 0.15) is 0 Å². The lowest BCUT2D eigenvalue weighted by atomic mass is 10.0. The molecule has 1 heterocycles. The van der Waals surface area contributed by atoms with E-state index in [0.29, 0.717) is 0 Å². The zero-order valence-electron chi connectivity index (χ0n) is 9.61. The summed E-state index contributed by atoms with van der Waals surface area (Å²) in [6, 6.07) is 5.97. The predicted molar refractivity (Wildman–Crippen MR) is 75.8 cm³/mol. The molecule has 17 heavy (non-hydrogen) atoms. The third-order valence-electron chi connectivity index (χ3n) is 2.79. The molecule has 5 heteroatoms. The normalized spacial score (nSPS) is 12.8. The van der Waals surface area contributed by atoms with Crippen molar-refractivity contribution >= 4 is 31.9 Å². The Bertz CT molecular complexity index is 529. The molecule has 1 aromatic heterocycles. The van der Waals surface area contributed by atoms with E-state index in [1.165, 1.54) is 5.56 Å². The average molecular weight is 359 g/mol. The lowest BCUT2D eigenvalue weighted by Crippen LogP contribution is -2.16. The highest BCUT2D eigenvalue weighted by Gasteiger charge is 2.17. The summed E-state index contributed by atoms with van der Waals surface area (Å²) in [6.45, 7) is 2.05. The molecule has 0 fully saturated rings. The van der Waals surface area contributed by atoms with E-state index in [1.807, 2.05) is 13.1 Å². The van der Waals surface area contributed by atoms with E-state index >= 15 is 0 Å². The van der Waals surface area contributed by atoms with Gasteiger partial charge in [-0.1, -0.05) is 28.1 Å². The van der Waals surface area contributed by atoms with E-state index in [1.54, 1.807) is 10.9 Å². The van der Waals surface area contributed by atoms with E-state index in [0.717, 1.165) is 20.2 Å². The minimum Gasteiger partial charge on any atom is -0.319 e. The van der Waals surface area contributed by atoms with Crippen molar-refractivity contribution in [1.82, 2.24) is 9.78 Å². The van der Waals surface area contributed by atoms with Gasteiger partial charge in [0.25, 0.3) is 0 Å². The summed E-state index contributed by atoms with van der Waals surface area (Å²) in [5.41, 5.74) is 9.50. The lowest BCUT2D eigenvalue weighted by Gasteiger charge is -2.14. The van der Waals surface area contributed by atoms with Gasteiger partial charge in [-0.05, 0) is 40.0 Å². The highest BCUT2D eigenvalue weighted by molar-refractivity contribution is 9.10. The van der Waals surface area contributed by atoms with Gasteiger partial charge in [0.05, 0.1) is 22.4 Å². The second-order valence-electron chi connectivity index (χ2n) is 3.99. The summed E-state index contributed by atoms with van der Waals surface area (Å²) in [5, 5.41) is 4.18. The molecule has 0 spiro atoms. The van der Waals surface area contributed by atoms with Crippen LogP contribution in [0.25, 0.3) is 0 Å². The molecule has 0 amide bonds. The highest BCUT2D eigenvalue weighted by Crippen LogP contribution is 2.28. The van der Waals surface area contributed by atoms with E-state index < -0.39 is 0 Å². The van der Waals surface area contributed by atoms with Gasteiger partial charge < -0.3 is 5.73 Å². The second-order valence-corrected chi connectivity index (χ2v) is 5.70. The first-order chi connectivity index (χ1) is 8.00. The van der Waals surface area contributed by atoms with Gasteiger partial charge in [-0.2, -0.15) is 5.10 Å². The van der Waals surface area contributed by atoms with Crippen molar-refractivity contribution < 1.29 is 0 Å². The third-order valence-corrected chi connectivity index (χ3v) is 4.25. The Morgan fingerprint density at radius 2 is 2.00 bits per heavy atom. The minimum atomic E-state index is -0.186. The molecular formula is C12H13Br2N3. The van der Waals surface area contributed by atoms with Crippen molar-refractivity contribution in [3.8, 4) is 0 Å². The maximum Gasteiger partial charge on any atom is 0.0735 e. The number of halogens is 2. The van der Waals surface area contributed by atoms with E-state index in [9.17, 15) is 0 Å². The molecule has 2 N–H and O–H groups in total. The van der Waals surface area contributed by atoms with E-state index in [4.69, 9.17) is 5.73 Å². The number of benzene rings is 1. The first kappa shape index (κ1) is 12.8. The lowest BCUT2D eigenvalue weighted by molar-refractivity contribution is 0.671. The number of hydrogen-bond donors (Lipinski definition) is 1. The number of nitrogens with two attached hydrogens (primary N) is 1. The van der Waals surface area contributed by atoms with Crippen LogP contribution in [0.15, 0.2) is 33.3 Å².